The Balaban J connectivity index is 2.15. The number of aliphatic hydroxyl groups is 1. The highest BCUT2D eigenvalue weighted by Crippen LogP contribution is 2.37. The fourth-order valence-corrected chi connectivity index (χ4v) is 5.75. The van der Waals surface area contributed by atoms with Gasteiger partial charge in [0.25, 0.3) is 0 Å². The van der Waals surface area contributed by atoms with Crippen molar-refractivity contribution in [3.8, 4) is 22.8 Å². The molecule has 0 saturated heterocycles. The summed E-state index contributed by atoms with van der Waals surface area (Å²) in [6.45, 7) is 7.24. The quantitative estimate of drug-likeness (QED) is 0.283. The molecule has 8 nitrogen and oxygen atoms in total. The number of aliphatic hydroxyl groups excluding tert-OH is 1. The molecule has 0 aliphatic heterocycles. The van der Waals surface area contributed by atoms with Gasteiger partial charge < -0.3 is 19.3 Å². The Bertz CT molecular complexity index is 1240. The van der Waals surface area contributed by atoms with Gasteiger partial charge in [-0.05, 0) is 42.3 Å². The third-order valence-electron chi connectivity index (χ3n) is 5.60. The van der Waals surface area contributed by atoms with E-state index in [0.717, 1.165) is 11.6 Å². The first-order valence-corrected chi connectivity index (χ1v) is 16.6. The summed E-state index contributed by atoms with van der Waals surface area (Å²) in [6.07, 6.45) is 1.87. The molecule has 0 fully saturated rings. The van der Waals surface area contributed by atoms with E-state index in [0.29, 0.717) is 35.8 Å². The monoisotopic (exact) mass is 518 g/mol. The van der Waals surface area contributed by atoms with Crippen molar-refractivity contribution in [2.75, 3.05) is 27.4 Å². The van der Waals surface area contributed by atoms with Crippen LogP contribution in [-0.2, 0) is 27.7 Å². The van der Waals surface area contributed by atoms with Gasteiger partial charge in [-0.2, -0.15) is 0 Å². The molecule has 2 aromatic carbocycles. The number of hydrogen-bond donors (Lipinski definition) is 1. The maximum absolute atomic E-state index is 13.5. The number of rotatable bonds is 12. The molecule has 10 heteroatoms. The Labute approximate surface area is 208 Å². The van der Waals surface area contributed by atoms with Crippen molar-refractivity contribution in [3.63, 3.8) is 0 Å². The van der Waals surface area contributed by atoms with Crippen LogP contribution >= 0.6 is 0 Å². The molecule has 0 radical (unpaired) electrons. The lowest BCUT2D eigenvalue weighted by molar-refractivity contribution is 0.0820. The molecule has 0 atom stereocenters. The van der Waals surface area contributed by atoms with Gasteiger partial charge in [-0.1, -0.05) is 37.8 Å². The maximum Gasteiger partial charge on any atom is 0.240 e. The number of nitrogens with zero attached hydrogens (tertiary/aromatic N) is 2. The largest absolute Gasteiger partial charge is 0.493 e. The van der Waals surface area contributed by atoms with Gasteiger partial charge in [-0.25, -0.2) is 13.4 Å². The lowest BCUT2D eigenvalue weighted by atomic mass is 10.0. The summed E-state index contributed by atoms with van der Waals surface area (Å²) in [4.78, 5) is 4.49. The lowest BCUT2D eigenvalue weighted by Crippen LogP contribution is -2.22. The second kappa shape index (κ2) is 11.4. The predicted octanol–water partition coefficient (Wildman–Crippen LogP) is 4.25. The molecular weight excluding hydrogens is 484 g/mol. The molecule has 0 bridgehead atoms. The Morgan fingerprint density at radius 2 is 1.69 bits per heavy atom. The van der Waals surface area contributed by atoms with Gasteiger partial charge in [0.05, 0.1) is 31.0 Å². The number of imidazole rings is 1. The summed E-state index contributed by atoms with van der Waals surface area (Å²) in [5, 5.41) is 9.57. The van der Waals surface area contributed by atoms with Crippen LogP contribution in [0.15, 0.2) is 58.7 Å². The number of sulfone groups is 1. The number of aromatic nitrogens is 2. The SMILES string of the molecule is COc1cc(CCO)c(-c2cnc(S(=O)(=O)c3ccccc3)n2COCC[Si](C)(C)C)cc1OC. The molecular formula is C25H34N2O6SSi. The van der Waals surface area contributed by atoms with Crippen molar-refractivity contribution >= 4 is 17.9 Å². The summed E-state index contributed by atoms with van der Waals surface area (Å²) < 4.78 is 45.5. The van der Waals surface area contributed by atoms with Crippen molar-refractivity contribution < 1.29 is 27.7 Å². The van der Waals surface area contributed by atoms with Crippen molar-refractivity contribution in [1.82, 2.24) is 9.55 Å². The summed E-state index contributed by atoms with van der Waals surface area (Å²) in [6, 6.07) is 12.7. The molecule has 35 heavy (non-hydrogen) atoms. The van der Waals surface area contributed by atoms with E-state index in [2.05, 4.69) is 24.6 Å². The molecule has 0 aliphatic rings. The predicted molar refractivity (Wildman–Crippen MR) is 138 cm³/mol. The van der Waals surface area contributed by atoms with E-state index in [1.807, 2.05) is 0 Å². The third kappa shape index (κ3) is 6.32. The second-order valence-electron chi connectivity index (χ2n) is 9.36. The van der Waals surface area contributed by atoms with Crippen LogP contribution in [0.4, 0.5) is 0 Å². The van der Waals surface area contributed by atoms with Crippen molar-refractivity contribution in [3.05, 3.63) is 54.2 Å². The summed E-state index contributed by atoms with van der Waals surface area (Å²) >= 11 is 0. The number of methoxy groups -OCH3 is 2. The molecule has 1 aromatic heterocycles. The lowest BCUT2D eigenvalue weighted by Gasteiger charge is -2.19. The molecule has 0 spiro atoms. The van der Waals surface area contributed by atoms with Gasteiger partial charge >= 0.3 is 0 Å². The Hall–Kier alpha value is -2.66. The van der Waals surface area contributed by atoms with Crippen LogP contribution in [0, 0.1) is 0 Å². The van der Waals surface area contributed by atoms with Gasteiger partial charge in [0.2, 0.25) is 15.0 Å². The van der Waals surface area contributed by atoms with Crippen LogP contribution in [-0.4, -0.2) is 58.6 Å². The van der Waals surface area contributed by atoms with Crippen LogP contribution in [0.1, 0.15) is 5.56 Å². The van der Waals surface area contributed by atoms with E-state index in [9.17, 15) is 13.5 Å². The highest BCUT2D eigenvalue weighted by atomic mass is 32.2. The standard InChI is InChI=1S/C25H34N2O6SSi/c1-31-23-15-19(11-12-28)21(16-24(23)32-2)22-17-26-25(27(22)18-33-13-14-35(3,4)5)34(29,30)20-9-7-6-8-10-20/h6-10,15-17,28H,11-14,18H2,1-5H3. The molecule has 3 rings (SSSR count). The highest BCUT2D eigenvalue weighted by Gasteiger charge is 2.27. The van der Waals surface area contributed by atoms with E-state index in [1.54, 1.807) is 54.1 Å². The molecule has 1 N–H and O–H groups in total. The van der Waals surface area contributed by atoms with E-state index in [1.165, 1.54) is 13.3 Å². The summed E-state index contributed by atoms with van der Waals surface area (Å²) in [5.74, 6) is 1.01. The third-order valence-corrected chi connectivity index (χ3v) is 9.00. The van der Waals surface area contributed by atoms with Crippen LogP contribution in [0.25, 0.3) is 11.3 Å². The Kier molecular flexibility index (Phi) is 8.76. The van der Waals surface area contributed by atoms with Gasteiger partial charge in [0, 0.05) is 26.9 Å². The fourth-order valence-electron chi connectivity index (χ4n) is 3.64. The van der Waals surface area contributed by atoms with Crippen molar-refractivity contribution in [2.24, 2.45) is 0 Å². The first-order valence-electron chi connectivity index (χ1n) is 11.4. The minimum absolute atomic E-state index is 0.0219. The first kappa shape index (κ1) is 26.9. The smallest absolute Gasteiger partial charge is 0.240 e. The molecule has 190 valence electrons. The van der Waals surface area contributed by atoms with Crippen LogP contribution in [0.2, 0.25) is 25.7 Å². The van der Waals surface area contributed by atoms with Crippen molar-refractivity contribution in [2.45, 2.75) is 48.9 Å². The normalized spacial score (nSPS) is 12.1. The first-order chi connectivity index (χ1) is 16.6. The van der Waals surface area contributed by atoms with Crippen LogP contribution in [0.3, 0.4) is 0 Å². The number of hydrogen-bond acceptors (Lipinski definition) is 7. The minimum Gasteiger partial charge on any atom is -0.493 e. The summed E-state index contributed by atoms with van der Waals surface area (Å²) in [7, 11) is -2.15. The molecule has 0 amide bonds. The minimum atomic E-state index is -3.90. The zero-order chi connectivity index (χ0) is 25.6. The van der Waals surface area contributed by atoms with Gasteiger partial charge in [-0.15, -0.1) is 0 Å². The van der Waals surface area contributed by atoms with Crippen LogP contribution < -0.4 is 9.47 Å². The van der Waals surface area contributed by atoms with Gasteiger partial charge in [-0.3, -0.25) is 4.57 Å². The zero-order valence-corrected chi connectivity index (χ0v) is 22.8. The van der Waals surface area contributed by atoms with Crippen LogP contribution in [0.5, 0.6) is 11.5 Å². The Morgan fingerprint density at radius 1 is 1.03 bits per heavy atom. The average molecular weight is 519 g/mol. The summed E-state index contributed by atoms with van der Waals surface area (Å²) in [5.41, 5.74) is 2.02. The highest BCUT2D eigenvalue weighted by molar-refractivity contribution is 7.91. The molecule has 0 saturated carbocycles. The molecule has 3 aromatic rings. The molecule has 0 aliphatic carbocycles. The average Bonchev–Trinajstić information content (AvgIpc) is 3.26. The van der Waals surface area contributed by atoms with E-state index in [4.69, 9.17) is 14.2 Å². The number of ether oxygens (including phenoxy) is 3. The Morgan fingerprint density at radius 3 is 2.29 bits per heavy atom. The molecule has 0 unspecified atom stereocenters. The van der Waals surface area contributed by atoms with E-state index >= 15 is 0 Å². The fraction of sp³-hybridized carbons (Fsp3) is 0.400. The van der Waals surface area contributed by atoms with Gasteiger partial charge in [0.1, 0.15) is 6.73 Å². The van der Waals surface area contributed by atoms with Gasteiger partial charge in [0.15, 0.2) is 11.5 Å². The van der Waals surface area contributed by atoms with Crippen molar-refractivity contribution in [1.29, 1.82) is 0 Å². The van der Waals surface area contributed by atoms with E-state index in [-0.39, 0.29) is 23.4 Å². The second-order valence-corrected chi connectivity index (χ2v) is 16.8. The van der Waals surface area contributed by atoms with E-state index < -0.39 is 17.9 Å². The zero-order valence-electron chi connectivity index (χ0n) is 20.9. The maximum atomic E-state index is 13.5. The number of benzene rings is 2. The topological polar surface area (TPSA) is 99.9 Å². The molecule has 1 heterocycles.